The first kappa shape index (κ1) is 17.6. The molecule has 134 valence electrons. The van der Waals surface area contributed by atoms with Crippen molar-refractivity contribution in [2.24, 2.45) is 0 Å². The van der Waals surface area contributed by atoms with Crippen molar-refractivity contribution in [3.63, 3.8) is 0 Å². The lowest BCUT2D eigenvalue weighted by molar-refractivity contribution is 0.0913. The molecule has 0 radical (unpaired) electrons. The van der Waals surface area contributed by atoms with Crippen LogP contribution in [-0.2, 0) is 6.42 Å². The summed E-state index contributed by atoms with van der Waals surface area (Å²) in [7, 11) is 0. The number of aromatic nitrogens is 2. The van der Waals surface area contributed by atoms with Gasteiger partial charge in [-0.15, -0.1) is 12.4 Å². The molecule has 2 aliphatic rings. The Morgan fingerprint density at radius 3 is 2.72 bits per heavy atom. The number of hydrogen-bond donors (Lipinski definition) is 2. The zero-order chi connectivity index (χ0) is 16.4. The third kappa shape index (κ3) is 3.88. The van der Waals surface area contributed by atoms with Crippen molar-refractivity contribution in [1.82, 2.24) is 15.3 Å². The summed E-state index contributed by atoms with van der Waals surface area (Å²) < 4.78 is 11.7. The molecule has 4 rings (SSSR count). The second-order valence-corrected chi connectivity index (χ2v) is 6.02. The SMILES string of the molecule is Cl.Nc1nc(N2CCNCC2)ncc1CC1COc2ccccc2O1. The van der Waals surface area contributed by atoms with Gasteiger partial charge in [0.15, 0.2) is 11.5 Å². The van der Waals surface area contributed by atoms with Crippen molar-refractivity contribution in [2.45, 2.75) is 12.5 Å². The lowest BCUT2D eigenvalue weighted by Crippen LogP contribution is -2.44. The highest BCUT2D eigenvalue weighted by molar-refractivity contribution is 5.85. The molecular formula is C17H22ClN5O2. The van der Waals surface area contributed by atoms with Gasteiger partial charge in [0.05, 0.1) is 0 Å². The molecule has 0 spiro atoms. The number of piperazine rings is 1. The number of ether oxygens (including phenoxy) is 2. The Morgan fingerprint density at radius 1 is 1.20 bits per heavy atom. The summed E-state index contributed by atoms with van der Waals surface area (Å²) in [6.45, 7) is 4.18. The van der Waals surface area contributed by atoms with Crippen LogP contribution in [0.15, 0.2) is 30.5 Å². The summed E-state index contributed by atoms with van der Waals surface area (Å²) >= 11 is 0. The molecule has 2 aliphatic heterocycles. The number of halogens is 1. The van der Waals surface area contributed by atoms with Gasteiger partial charge in [-0.05, 0) is 12.1 Å². The minimum atomic E-state index is -0.0872. The van der Waals surface area contributed by atoms with E-state index in [-0.39, 0.29) is 18.5 Å². The number of benzene rings is 1. The van der Waals surface area contributed by atoms with Crippen molar-refractivity contribution >= 4 is 24.2 Å². The Balaban J connectivity index is 0.00000182. The number of hydrogen-bond acceptors (Lipinski definition) is 7. The number of anilines is 2. The second kappa shape index (κ2) is 7.76. The summed E-state index contributed by atoms with van der Waals surface area (Å²) in [6.07, 6.45) is 2.35. The highest BCUT2D eigenvalue weighted by Crippen LogP contribution is 2.32. The maximum Gasteiger partial charge on any atom is 0.227 e. The molecule has 0 amide bonds. The van der Waals surface area contributed by atoms with E-state index in [2.05, 4.69) is 20.2 Å². The summed E-state index contributed by atoms with van der Waals surface area (Å²) in [5, 5.41) is 3.31. The molecule has 7 nitrogen and oxygen atoms in total. The number of nitrogens with one attached hydrogen (secondary N) is 1. The van der Waals surface area contributed by atoms with Crippen molar-refractivity contribution in [3.8, 4) is 11.5 Å². The van der Waals surface area contributed by atoms with Gasteiger partial charge in [-0.1, -0.05) is 12.1 Å². The van der Waals surface area contributed by atoms with Gasteiger partial charge in [-0.2, -0.15) is 4.98 Å². The van der Waals surface area contributed by atoms with E-state index in [1.54, 1.807) is 0 Å². The van der Waals surface area contributed by atoms with Gasteiger partial charge >= 0.3 is 0 Å². The molecule has 0 aliphatic carbocycles. The largest absolute Gasteiger partial charge is 0.486 e. The average molecular weight is 364 g/mol. The van der Waals surface area contributed by atoms with E-state index in [0.717, 1.165) is 43.2 Å². The number of nitrogens with two attached hydrogens (primary N) is 1. The molecule has 25 heavy (non-hydrogen) atoms. The first-order chi connectivity index (χ1) is 11.8. The maximum atomic E-state index is 6.15. The smallest absolute Gasteiger partial charge is 0.227 e. The van der Waals surface area contributed by atoms with Gasteiger partial charge < -0.3 is 25.4 Å². The van der Waals surface area contributed by atoms with Gasteiger partial charge in [0.25, 0.3) is 0 Å². The van der Waals surface area contributed by atoms with Crippen LogP contribution in [0.25, 0.3) is 0 Å². The normalized spacial score (nSPS) is 19.2. The fourth-order valence-electron chi connectivity index (χ4n) is 2.99. The Labute approximate surface area is 153 Å². The zero-order valence-electron chi connectivity index (χ0n) is 13.9. The van der Waals surface area contributed by atoms with Crippen LogP contribution >= 0.6 is 12.4 Å². The van der Waals surface area contributed by atoms with Gasteiger partial charge in [0.1, 0.15) is 18.5 Å². The number of fused-ring (bicyclic) bond motifs is 1. The van der Waals surface area contributed by atoms with Crippen molar-refractivity contribution in [3.05, 3.63) is 36.0 Å². The number of nitrogens with zero attached hydrogens (tertiary/aromatic N) is 3. The molecule has 3 N–H and O–H groups in total. The second-order valence-electron chi connectivity index (χ2n) is 6.02. The Bertz CT molecular complexity index is 724. The monoisotopic (exact) mass is 363 g/mol. The molecule has 1 aromatic carbocycles. The topological polar surface area (TPSA) is 85.5 Å². The molecule has 3 heterocycles. The van der Waals surface area contributed by atoms with E-state index in [1.807, 2.05) is 30.5 Å². The number of rotatable bonds is 3. The average Bonchev–Trinajstić information content (AvgIpc) is 2.64. The minimum Gasteiger partial charge on any atom is -0.486 e. The van der Waals surface area contributed by atoms with Gasteiger partial charge in [-0.25, -0.2) is 4.98 Å². The van der Waals surface area contributed by atoms with Gasteiger partial charge in [-0.3, -0.25) is 0 Å². The maximum absolute atomic E-state index is 6.15. The van der Waals surface area contributed by atoms with Crippen molar-refractivity contribution < 1.29 is 9.47 Å². The van der Waals surface area contributed by atoms with Crippen molar-refractivity contribution in [1.29, 1.82) is 0 Å². The van der Waals surface area contributed by atoms with E-state index in [0.29, 0.717) is 24.8 Å². The van der Waals surface area contributed by atoms with E-state index in [9.17, 15) is 0 Å². The first-order valence-electron chi connectivity index (χ1n) is 8.25. The molecule has 1 atom stereocenters. The van der Waals surface area contributed by atoms with Crippen molar-refractivity contribution in [2.75, 3.05) is 43.4 Å². The molecule has 1 fully saturated rings. The molecule has 8 heteroatoms. The van der Waals surface area contributed by atoms with E-state index < -0.39 is 0 Å². The number of para-hydroxylation sites is 2. The zero-order valence-corrected chi connectivity index (χ0v) is 14.7. The third-order valence-electron chi connectivity index (χ3n) is 4.30. The predicted molar refractivity (Wildman–Crippen MR) is 98.8 cm³/mol. The minimum absolute atomic E-state index is 0. The highest BCUT2D eigenvalue weighted by Gasteiger charge is 2.23. The lowest BCUT2D eigenvalue weighted by atomic mass is 10.1. The van der Waals surface area contributed by atoms with Gasteiger partial charge in [0, 0.05) is 44.4 Å². The lowest BCUT2D eigenvalue weighted by Gasteiger charge is -2.28. The highest BCUT2D eigenvalue weighted by atomic mass is 35.5. The number of nitrogen functional groups attached to an aromatic ring is 1. The molecule has 1 aromatic heterocycles. The molecule has 1 unspecified atom stereocenters. The van der Waals surface area contributed by atoms with E-state index in [1.165, 1.54) is 0 Å². The van der Waals surface area contributed by atoms with Gasteiger partial charge in [0.2, 0.25) is 5.95 Å². The van der Waals surface area contributed by atoms with Crippen LogP contribution in [0, 0.1) is 0 Å². The third-order valence-corrected chi connectivity index (χ3v) is 4.30. The Morgan fingerprint density at radius 2 is 1.96 bits per heavy atom. The molecular weight excluding hydrogens is 342 g/mol. The van der Waals surface area contributed by atoms with Crippen LogP contribution in [0.3, 0.4) is 0 Å². The van der Waals surface area contributed by atoms with Crippen LogP contribution in [0.1, 0.15) is 5.56 Å². The van der Waals surface area contributed by atoms with Crippen LogP contribution < -0.4 is 25.4 Å². The Hall–Kier alpha value is -2.25. The van der Waals surface area contributed by atoms with Crippen LogP contribution in [0.2, 0.25) is 0 Å². The van der Waals surface area contributed by atoms with E-state index >= 15 is 0 Å². The fraction of sp³-hybridized carbons (Fsp3) is 0.412. The molecule has 1 saturated heterocycles. The van der Waals surface area contributed by atoms with Crippen LogP contribution in [-0.4, -0.2) is 48.9 Å². The van der Waals surface area contributed by atoms with E-state index in [4.69, 9.17) is 15.2 Å². The molecule has 0 bridgehead atoms. The quantitative estimate of drug-likeness (QED) is 0.849. The summed E-state index contributed by atoms with van der Waals surface area (Å²) in [5.74, 6) is 2.77. The first-order valence-corrected chi connectivity index (χ1v) is 8.25. The van der Waals surface area contributed by atoms with Crippen LogP contribution in [0.5, 0.6) is 11.5 Å². The Kier molecular flexibility index (Phi) is 5.45. The molecule has 2 aromatic rings. The molecule has 0 saturated carbocycles. The van der Waals surface area contributed by atoms with Crippen LogP contribution in [0.4, 0.5) is 11.8 Å². The predicted octanol–water partition coefficient (Wildman–Crippen LogP) is 1.27. The summed E-state index contributed by atoms with van der Waals surface area (Å²) in [6, 6.07) is 7.69. The summed E-state index contributed by atoms with van der Waals surface area (Å²) in [5.41, 5.74) is 7.04. The fourth-order valence-corrected chi connectivity index (χ4v) is 2.99. The standard InChI is InChI=1S/C17H21N5O2.ClH/c18-16-12(10-20-17(21-16)22-7-5-19-6-8-22)9-13-11-23-14-3-1-2-4-15(14)24-13;/h1-4,10,13,19H,5-9,11H2,(H2,18,20,21);1H. The summed E-state index contributed by atoms with van der Waals surface area (Å²) in [4.78, 5) is 11.1.